The Bertz CT molecular complexity index is 606. The SMILES string of the molecule is CC(C)C(CN(C)C)NS(=O)(=O)c1cc(Br)c(F)cc1N. The molecule has 1 rings (SSSR count). The van der Waals surface area contributed by atoms with Gasteiger partial charge in [0.05, 0.1) is 10.2 Å². The Kier molecular flexibility index (Phi) is 6.15. The van der Waals surface area contributed by atoms with Gasteiger partial charge >= 0.3 is 0 Å². The van der Waals surface area contributed by atoms with Crippen molar-refractivity contribution in [2.45, 2.75) is 24.8 Å². The molecule has 21 heavy (non-hydrogen) atoms. The van der Waals surface area contributed by atoms with Crippen LogP contribution in [0.25, 0.3) is 0 Å². The summed E-state index contributed by atoms with van der Waals surface area (Å²) in [5.74, 6) is -0.493. The van der Waals surface area contributed by atoms with Crippen LogP contribution in [0.5, 0.6) is 0 Å². The first-order valence-corrected chi connectivity index (χ1v) is 8.73. The molecule has 0 heterocycles. The van der Waals surface area contributed by atoms with Crippen LogP contribution in [-0.2, 0) is 10.0 Å². The van der Waals surface area contributed by atoms with Crippen LogP contribution < -0.4 is 10.5 Å². The number of nitrogens with one attached hydrogen (secondary N) is 1. The predicted molar refractivity (Wildman–Crippen MR) is 86.0 cm³/mol. The highest BCUT2D eigenvalue weighted by atomic mass is 79.9. The van der Waals surface area contributed by atoms with E-state index < -0.39 is 15.8 Å². The number of anilines is 1. The van der Waals surface area contributed by atoms with Gasteiger partial charge in [0.2, 0.25) is 10.0 Å². The summed E-state index contributed by atoms with van der Waals surface area (Å²) in [5, 5.41) is 0. The smallest absolute Gasteiger partial charge is 0.242 e. The molecule has 0 bridgehead atoms. The molecule has 0 amide bonds. The van der Waals surface area contributed by atoms with Crippen molar-refractivity contribution in [2.75, 3.05) is 26.4 Å². The average Bonchev–Trinajstić information content (AvgIpc) is 2.31. The average molecular weight is 382 g/mol. The van der Waals surface area contributed by atoms with Crippen molar-refractivity contribution >= 4 is 31.6 Å². The zero-order valence-corrected chi connectivity index (χ0v) is 14.9. The van der Waals surface area contributed by atoms with Gasteiger partial charge in [0.15, 0.2) is 0 Å². The largest absolute Gasteiger partial charge is 0.398 e. The number of rotatable bonds is 6. The van der Waals surface area contributed by atoms with Crippen LogP contribution in [0.15, 0.2) is 21.5 Å². The molecule has 8 heteroatoms. The van der Waals surface area contributed by atoms with E-state index in [1.165, 1.54) is 6.07 Å². The molecule has 1 aromatic carbocycles. The quantitative estimate of drug-likeness (QED) is 0.739. The zero-order valence-electron chi connectivity index (χ0n) is 12.5. The number of benzene rings is 1. The van der Waals surface area contributed by atoms with E-state index in [0.717, 1.165) is 6.07 Å². The van der Waals surface area contributed by atoms with Crippen LogP contribution in [0.3, 0.4) is 0 Å². The maximum absolute atomic E-state index is 13.4. The maximum Gasteiger partial charge on any atom is 0.242 e. The number of halogens is 2. The molecule has 3 N–H and O–H groups in total. The second-order valence-corrected chi connectivity index (χ2v) is 8.07. The number of sulfonamides is 1. The Morgan fingerprint density at radius 2 is 1.95 bits per heavy atom. The minimum absolute atomic E-state index is 0.0609. The Labute approximate surface area is 133 Å². The Morgan fingerprint density at radius 3 is 2.43 bits per heavy atom. The van der Waals surface area contributed by atoms with Crippen molar-refractivity contribution in [2.24, 2.45) is 5.92 Å². The highest BCUT2D eigenvalue weighted by molar-refractivity contribution is 9.10. The van der Waals surface area contributed by atoms with Crippen LogP contribution in [0.4, 0.5) is 10.1 Å². The molecule has 0 aliphatic carbocycles. The van der Waals surface area contributed by atoms with Gasteiger partial charge < -0.3 is 10.6 Å². The molecule has 0 spiro atoms. The van der Waals surface area contributed by atoms with E-state index in [4.69, 9.17) is 5.73 Å². The third-order valence-corrected chi connectivity index (χ3v) is 5.17. The van der Waals surface area contributed by atoms with Crippen LogP contribution >= 0.6 is 15.9 Å². The first-order chi connectivity index (χ1) is 9.54. The molecular formula is C13H21BrFN3O2S. The summed E-state index contributed by atoms with van der Waals surface area (Å²) in [6, 6.07) is 1.91. The molecule has 1 aromatic rings. The molecule has 0 saturated carbocycles. The first kappa shape index (κ1) is 18.3. The molecule has 0 aliphatic rings. The molecule has 5 nitrogen and oxygen atoms in total. The lowest BCUT2D eigenvalue weighted by Gasteiger charge is -2.25. The van der Waals surface area contributed by atoms with E-state index in [9.17, 15) is 12.8 Å². The van der Waals surface area contributed by atoms with Crippen molar-refractivity contribution < 1.29 is 12.8 Å². The van der Waals surface area contributed by atoms with Gasteiger partial charge in [-0.25, -0.2) is 17.5 Å². The van der Waals surface area contributed by atoms with E-state index in [0.29, 0.717) is 6.54 Å². The van der Waals surface area contributed by atoms with Gasteiger partial charge in [0.1, 0.15) is 10.7 Å². The minimum Gasteiger partial charge on any atom is -0.398 e. The fourth-order valence-corrected chi connectivity index (χ4v) is 3.83. The number of nitrogen functional groups attached to an aromatic ring is 1. The van der Waals surface area contributed by atoms with E-state index in [-0.39, 0.29) is 27.0 Å². The van der Waals surface area contributed by atoms with Gasteiger partial charge in [0, 0.05) is 12.6 Å². The van der Waals surface area contributed by atoms with Crippen LogP contribution in [-0.4, -0.2) is 40.0 Å². The molecule has 1 unspecified atom stereocenters. The standard InChI is InChI=1S/C13H21BrFN3O2S/c1-8(2)12(7-18(3)4)17-21(19,20)13-5-9(14)10(15)6-11(13)16/h5-6,8,12,17H,7,16H2,1-4H3. The molecule has 0 aromatic heterocycles. The van der Waals surface area contributed by atoms with Crippen molar-refractivity contribution in [1.82, 2.24) is 9.62 Å². The summed E-state index contributed by atoms with van der Waals surface area (Å²) in [5.41, 5.74) is 5.52. The second kappa shape index (κ2) is 7.04. The van der Waals surface area contributed by atoms with E-state index >= 15 is 0 Å². The van der Waals surface area contributed by atoms with Gasteiger partial charge in [0.25, 0.3) is 0 Å². The van der Waals surface area contributed by atoms with Crippen molar-refractivity contribution in [3.8, 4) is 0 Å². The lowest BCUT2D eigenvalue weighted by molar-refractivity contribution is 0.314. The fourth-order valence-electron chi connectivity index (χ4n) is 1.82. The first-order valence-electron chi connectivity index (χ1n) is 6.46. The van der Waals surface area contributed by atoms with Crippen molar-refractivity contribution in [3.63, 3.8) is 0 Å². The molecule has 0 saturated heterocycles. The van der Waals surface area contributed by atoms with Gasteiger partial charge in [-0.05, 0) is 48.1 Å². The number of nitrogens with zero attached hydrogens (tertiary/aromatic N) is 1. The van der Waals surface area contributed by atoms with Gasteiger partial charge in [-0.1, -0.05) is 13.8 Å². The number of likely N-dealkylation sites (N-methyl/N-ethyl adjacent to an activating group) is 1. The molecule has 0 radical (unpaired) electrons. The highest BCUT2D eigenvalue weighted by Crippen LogP contribution is 2.26. The van der Waals surface area contributed by atoms with Crippen LogP contribution in [0, 0.1) is 11.7 Å². The van der Waals surface area contributed by atoms with Crippen LogP contribution in [0.1, 0.15) is 13.8 Å². The topological polar surface area (TPSA) is 75.4 Å². The van der Waals surface area contributed by atoms with E-state index in [1.54, 1.807) is 0 Å². The normalized spacial score (nSPS) is 13.9. The molecule has 120 valence electrons. The third-order valence-electron chi connectivity index (χ3n) is 3.02. The molecule has 0 aliphatic heterocycles. The fraction of sp³-hybridized carbons (Fsp3) is 0.538. The summed E-state index contributed by atoms with van der Waals surface area (Å²) in [6.45, 7) is 4.42. The van der Waals surface area contributed by atoms with Crippen molar-refractivity contribution in [1.29, 1.82) is 0 Å². The lowest BCUT2D eigenvalue weighted by atomic mass is 10.1. The predicted octanol–water partition coefficient (Wildman–Crippen LogP) is 2.03. The number of hydrogen-bond donors (Lipinski definition) is 2. The monoisotopic (exact) mass is 381 g/mol. The zero-order chi connectivity index (χ0) is 16.4. The Hall–Kier alpha value is -0.700. The maximum atomic E-state index is 13.4. The van der Waals surface area contributed by atoms with Crippen molar-refractivity contribution in [3.05, 3.63) is 22.4 Å². The second-order valence-electron chi connectivity index (χ2n) is 5.54. The van der Waals surface area contributed by atoms with Gasteiger partial charge in [-0.2, -0.15) is 0 Å². The van der Waals surface area contributed by atoms with E-state index in [1.807, 2.05) is 32.8 Å². The number of hydrogen-bond acceptors (Lipinski definition) is 4. The van der Waals surface area contributed by atoms with Crippen LogP contribution in [0.2, 0.25) is 0 Å². The summed E-state index contributed by atoms with van der Waals surface area (Å²) in [7, 11) is -0.0832. The summed E-state index contributed by atoms with van der Waals surface area (Å²) >= 11 is 2.98. The summed E-state index contributed by atoms with van der Waals surface area (Å²) in [6.07, 6.45) is 0. The Balaban J connectivity index is 3.13. The van der Waals surface area contributed by atoms with E-state index in [2.05, 4.69) is 20.7 Å². The molecule has 1 atom stereocenters. The summed E-state index contributed by atoms with van der Waals surface area (Å²) in [4.78, 5) is 1.78. The minimum atomic E-state index is -3.82. The van der Waals surface area contributed by atoms with Gasteiger partial charge in [-0.15, -0.1) is 0 Å². The molecular weight excluding hydrogens is 361 g/mol. The lowest BCUT2D eigenvalue weighted by Crippen LogP contribution is -2.45. The third kappa shape index (κ3) is 4.91. The van der Waals surface area contributed by atoms with Gasteiger partial charge in [-0.3, -0.25) is 0 Å². The summed E-state index contributed by atoms with van der Waals surface area (Å²) < 4.78 is 41.0. The Morgan fingerprint density at radius 1 is 1.38 bits per heavy atom. The highest BCUT2D eigenvalue weighted by Gasteiger charge is 2.25. The number of nitrogens with two attached hydrogens (primary N) is 1. The molecule has 0 fully saturated rings.